The minimum Gasteiger partial charge on any atom is -0.397 e. The summed E-state index contributed by atoms with van der Waals surface area (Å²) in [6, 6.07) is 0. The molecule has 0 fully saturated rings. The molecular formula is C13H17FN4OS. The van der Waals surface area contributed by atoms with E-state index in [0.717, 1.165) is 16.6 Å². The highest BCUT2D eigenvalue weighted by atomic mass is 32.1. The molecule has 2 aromatic rings. The molecule has 0 unspecified atom stereocenters. The van der Waals surface area contributed by atoms with Crippen LogP contribution in [-0.2, 0) is 0 Å². The average Bonchev–Trinajstić information content (AvgIpc) is 2.77. The van der Waals surface area contributed by atoms with E-state index in [9.17, 15) is 9.18 Å². The summed E-state index contributed by atoms with van der Waals surface area (Å²) < 4.78 is 12.5. The van der Waals surface area contributed by atoms with Gasteiger partial charge in [0.05, 0.1) is 11.4 Å². The molecule has 0 atom stereocenters. The summed E-state index contributed by atoms with van der Waals surface area (Å²) in [5.74, 6) is -0.247. The van der Waals surface area contributed by atoms with E-state index in [0.29, 0.717) is 21.9 Å². The zero-order chi connectivity index (χ0) is 14.9. The number of nitrogen functional groups attached to an aromatic ring is 1. The predicted molar refractivity (Wildman–Crippen MR) is 78.9 cm³/mol. The van der Waals surface area contributed by atoms with Crippen molar-refractivity contribution in [3.8, 4) is 0 Å². The van der Waals surface area contributed by atoms with Gasteiger partial charge in [0.25, 0.3) is 5.91 Å². The molecule has 0 aliphatic rings. The number of carbonyl (C=O) groups is 1. The molecule has 2 rings (SSSR count). The third-order valence-electron chi connectivity index (χ3n) is 3.35. The van der Waals surface area contributed by atoms with Gasteiger partial charge >= 0.3 is 0 Å². The minimum absolute atomic E-state index is 0.0761. The van der Waals surface area contributed by atoms with Gasteiger partial charge in [0.2, 0.25) is 0 Å². The van der Waals surface area contributed by atoms with Gasteiger partial charge in [0.15, 0.2) is 0 Å². The van der Waals surface area contributed by atoms with Gasteiger partial charge in [-0.3, -0.25) is 4.79 Å². The first-order chi connectivity index (χ1) is 9.51. The first kappa shape index (κ1) is 14.6. The smallest absolute Gasteiger partial charge is 0.266 e. The Bertz CT molecular complexity index is 655. The SMILES string of the molecule is CCN(CCF)C(=O)c1sc2nnc(C)c(C)c2c1N. The number of amides is 1. The molecule has 5 nitrogen and oxygen atoms in total. The van der Waals surface area contributed by atoms with E-state index in [2.05, 4.69) is 10.2 Å². The molecule has 108 valence electrons. The number of alkyl halides is 1. The Kier molecular flexibility index (Phi) is 4.17. The number of anilines is 1. The quantitative estimate of drug-likeness (QED) is 0.940. The lowest BCUT2D eigenvalue weighted by molar-refractivity contribution is 0.0760. The molecule has 7 heteroatoms. The summed E-state index contributed by atoms with van der Waals surface area (Å²) in [7, 11) is 0. The van der Waals surface area contributed by atoms with Crippen LogP contribution in [0.4, 0.5) is 10.1 Å². The van der Waals surface area contributed by atoms with E-state index in [1.54, 1.807) is 0 Å². The van der Waals surface area contributed by atoms with Gasteiger partial charge in [-0.2, -0.15) is 5.10 Å². The second-order valence-electron chi connectivity index (χ2n) is 4.51. The number of aromatic nitrogens is 2. The van der Waals surface area contributed by atoms with Crippen molar-refractivity contribution in [3.63, 3.8) is 0 Å². The first-order valence-electron chi connectivity index (χ1n) is 6.38. The maximum atomic E-state index is 12.5. The third kappa shape index (κ3) is 2.33. The van der Waals surface area contributed by atoms with E-state index < -0.39 is 6.67 Å². The standard InChI is InChI=1S/C13H17FN4OS/c1-4-18(6-5-14)13(19)11-10(15)9-7(2)8(3)16-17-12(9)20-11/h4-6,15H2,1-3H3. The number of hydrogen-bond donors (Lipinski definition) is 1. The van der Waals surface area contributed by atoms with Crippen LogP contribution in [0.5, 0.6) is 0 Å². The summed E-state index contributed by atoms with van der Waals surface area (Å²) in [5.41, 5.74) is 8.24. The van der Waals surface area contributed by atoms with Crippen molar-refractivity contribution in [2.24, 2.45) is 0 Å². The Labute approximate surface area is 120 Å². The molecular weight excluding hydrogens is 279 g/mol. The van der Waals surface area contributed by atoms with Crippen LogP contribution in [-0.4, -0.2) is 40.8 Å². The highest BCUT2D eigenvalue weighted by Gasteiger charge is 2.23. The molecule has 0 aromatic carbocycles. The fourth-order valence-corrected chi connectivity index (χ4v) is 3.12. The van der Waals surface area contributed by atoms with E-state index in [-0.39, 0.29) is 12.5 Å². The monoisotopic (exact) mass is 296 g/mol. The fraction of sp³-hybridized carbons (Fsp3) is 0.462. The summed E-state index contributed by atoms with van der Waals surface area (Å²) in [5, 5.41) is 8.90. The summed E-state index contributed by atoms with van der Waals surface area (Å²) in [4.78, 5) is 14.9. The van der Waals surface area contributed by atoms with Gasteiger partial charge in [-0.25, -0.2) is 4.39 Å². The van der Waals surface area contributed by atoms with Gasteiger partial charge in [-0.15, -0.1) is 16.4 Å². The van der Waals surface area contributed by atoms with E-state index in [1.165, 1.54) is 16.2 Å². The van der Waals surface area contributed by atoms with E-state index in [1.807, 2.05) is 20.8 Å². The largest absolute Gasteiger partial charge is 0.397 e. The highest BCUT2D eigenvalue weighted by Crippen LogP contribution is 2.35. The zero-order valence-corrected chi connectivity index (χ0v) is 12.6. The highest BCUT2D eigenvalue weighted by molar-refractivity contribution is 7.21. The van der Waals surface area contributed by atoms with Gasteiger partial charge in [-0.05, 0) is 26.3 Å². The van der Waals surface area contributed by atoms with Crippen molar-refractivity contribution in [2.75, 3.05) is 25.5 Å². The Morgan fingerprint density at radius 3 is 2.70 bits per heavy atom. The number of rotatable bonds is 4. The Morgan fingerprint density at radius 2 is 2.10 bits per heavy atom. The molecule has 0 spiro atoms. The van der Waals surface area contributed by atoms with Gasteiger partial charge < -0.3 is 10.6 Å². The van der Waals surface area contributed by atoms with Crippen molar-refractivity contribution in [1.82, 2.24) is 15.1 Å². The lowest BCUT2D eigenvalue weighted by atomic mass is 10.1. The number of nitrogens with zero attached hydrogens (tertiary/aromatic N) is 3. The lowest BCUT2D eigenvalue weighted by Crippen LogP contribution is -2.32. The molecule has 1 amide bonds. The topological polar surface area (TPSA) is 72.1 Å². The van der Waals surface area contributed by atoms with E-state index in [4.69, 9.17) is 5.73 Å². The molecule has 2 aromatic heterocycles. The number of hydrogen-bond acceptors (Lipinski definition) is 5. The van der Waals surface area contributed by atoms with Crippen LogP contribution in [0.25, 0.3) is 10.2 Å². The number of nitrogens with two attached hydrogens (primary N) is 1. The van der Waals surface area contributed by atoms with Crippen molar-refractivity contribution < 1.29 is 9.18 Å². The fourth-order valence-electron chi connectivity index (χ4n) is 2.05. The van der Waals surface area contributed by atoms with Crippen LogP contribution >= 0.6 is 11.3 Å². The normalized spacial score (nSPS) is 11.0. The lowest BCUT2D eigenvalue weighted by Gasteiger charge is -2.18. The van der Waals surface area contributed by atoms with Crippen molar-refractivity contribution in [3.05, 3.63) is 16.1 Å². The second-order valence-corrected chi connectivity index (χ2v) is 5.51. The number of aryl methyl sites for hydroxylation is 2. The van der Waals surface area contributed by atoms with Gasteiger partial charge in [0.1, 0.15) is 16.4 Å². The van der Waals surface area contributed by atoms with Crippen LogP contribution in [0.1, 0.15) is 27.9 Å². The predicted octanol–water partition coefficient (Wildman–Crippen LogP) is 2.32. The number of halogens is 1. The molecule has 2 N–H and O–H groups in total. The molecule has 0 bridgehead atoms. The van der Waals surface area contributed by atoms with Crippen LogP contribution in [0.3, 0.4) is 0 Å². The summed E-state index contributed by atoms with van der Waals surface area (Å²) in [6.45, 7) is 5.52. The van der Waals surface area contributed by atoms with Crippen molar-refractivity contribution >= 4 is 33.1 Å². The molecule has 2 heterocycles. The third-order valence-corrected chi connectivity index (χ3v) is 4.43. The molecule has 0 aliphatic heterocycles. The minimum atomic E-state index is -0.567. The number of fused-ring (bicyclic) bond motifs is 1. The van der Waals surface area contributed by atoms with E-state index >= 15 is 0 Å². The summed E-state index contributed by atoms with van der Waals surface area (Å²) in [6.07, 6.45) is 0. The molecule has 20 heavy (non-hydrogen) atoms. The van der Waals surface area contributed by atoms with Crippen LogP contribution in [0, 0.1) is 13.8 Å². The molecule has 0 saturated carbocycles. The molecule has 0 radical (unpaired) electrons. The molecule has 0 saturated heterocycles. The number of carbonyl (C=O) groups excluding carboxylic acids is 1. The van der Waals surface area contributed by atoms with Gasteiger partial charge in [-0.1, -0.05) is 0 Å². The maximum absolute atomic E-state index is 12.5. The van der Waals surface area contributed by atoms with Crippen LogP contribution in [0.15, 0.2) is 0 Å². The maximum Gasteiger partial charge on any atom is 0.266 e. The zero-order valence-electron chi connectivity index (χ0n) is 11.7. The van der Waals surface area contributed by atoms with Crippen molar-refractivity contribution in [2.45, 2.75) is 20.8 Å². The summed E-state index contributed by atoms with van der Waals surface area (Å²) >= 11 is 1.21. The van der Waals surface area contributed by atoms with Crippen molar-refractivity contribution in [1.29, 1.82) is 0 Å². The second kappa shape index (κ2) is 5.70. The Hall–Kier alpha value is -1.76. The molecule has 0 aliphatic carbocycles. The Morgan fingerprint density at radius 1 is 1.40 bits per heavy atom. The van der Waals surface area contributed by atoms with Crippen LogP contribution in [0.2, 0.25) is 0 Å². The number of thiophene rings is 1. The first-order valence-corrected chi connectivity index (χ1v) is 7.20. The Balaban J connectivity index is 2.53. The van der Waals surface area contributed by atoms with Crippen LogP contribution < -0.4 is 5.73 Å². The van der Waals surface area contributed by atoms with Gasteiger partial charge in [0, 0.05) is 18.5 Å². The average molecular weight is 296 g/mol.